The minimum Gasteiger partial charge on any atom is -0.348 e. The van der Waals surface area contributed by atoms with Crippen LogP contribution in [-0.4, -0.2) is 36.3 Å². The first-order chi connectivity index (χ1) is 21.5. The van der Waals surface area contributed by atoms with Crippen molar-refractivity contribution in [3.8, 4) is 16.9 Å². The van der Waals surface area contributed by atoms with Crippen molar-refractivity contribution < 1.29 is 22.8 Å². The van der Waals surface area contributed by atoms with Gasteiger partial charge in [0.1, 0.15) is 0 Å². The molecule has 0 fully saturated rings. The molecule has 45 heavy (non-hydrogen) atoms. The highest BCUT2D eigenvalue weighted by atomic mass is 19.4. The number of pyridine rings is 1. The van der Waals surface area contributed by atoms with Crippen LogP contribution in [0.2, 0.25) is 0 Å². The molecule has 0 atom stereocenters. The SMILES string of the molecule is C=CC(=O)NCc1c(-n2cnc(C)c2)cc(NC(=O)c2ccc(C)c(Nc3nccc(-c4cccnc4)n3)c2)cc1C(F)(F)F. The number of nitrogens with one attached hydrogen (secondary N) is 3. The Kier molecular flexibility index (Phi) is 8.70. The first-order valence-corrected chi connectivity index (χ1v) is 13.6. The number of benzene rings is 2. The average molecular weight is 613 g/mol. The Morgan fingerprint density at radius 3 is 2.56 bits per heavy atom. The van der Waals surface area contributed by atoms with E-state index in [-0.39, 0.29) is 28.5 Å². The summed E-state index contributed by atoms with van der Waals surface area (Å²) in [5.41, 5.74) is 2.25. The molecule has 0 aliphatic rings. The summed E-state index contributed by atoms with van der Waals surface area (Å²) < 4.78 is 44.4. The summed E-state index contributed by atoms with van der Waals surface area (Å²) in [6.07, 6.45) is 4.00. The van der Waals surface area contributed by atoms with Gasteiger partial charge >= 0.3 is 6.18 Å². The third kappa shape index (κ3) is 7.21. The maximum absolute atomic E-state index is 14.3. The van der Waals surface area contributed by atoms with Gasteiger partial charge in [0.05, 0.1) is 29.0 Å². The lowest BCUT2D eigenvalue weighted by atomic mass is 10.0. The molecule has 5 aromatic rings. The minimum absolute atomic E-state index is 0.0852. The number of hydrogen-bond donors (Lipinski definition) is 3. The fraction of sp³-hybridized carbons (Fsp3) is 0.125. The molecule has 2 aromatic carbocycles. The number of carbonyl (C=O) groups excluding carboxylic acids is 2. The highest BCUT2D eigenvalue weighted by Crippen LogP contribution is 2.37. The largest absolute Gasteiger partial charge is 0.416 e. The van der Waals surface area contributed by atoms with Gasteiger partial charge in [-0.05, 0) is 68.0 Å². The fourth-order valence-electron chi connectivity index (χ4n) is 4.51. The lowest BCUT2D eigenvalue weighted by Crippen LogP contribution is -2.24. The maximum atomic E-state index is 14.3. The molecule has 0 saturated heterocycles. The van der Waals surface area contributed by atoms with E-state index in [1.807, 2.05) is 13.0 Å². The summed E-state index contributed by atoms with van der Waals surface area (Å²) >= 11 is 0. The topological polar surface area (TPSA) is 127 Å². The Morgan fingerprint density at radius 2 is 1.87 bits per heavy atom. The zero-order valence-electron chi connectivity index (χ0n) is 24.2. The maximum Gasteiger partial charge on any atom is 0.416 e. The third-order valence-electron chi connectivity index (χ3n) is 6.76. The number of aryl methyl sites for hydroxylation is 2. The second kappa shape index (κ2) is 12.8. The Labute approximate surface area is 256 Å². The van der Waals surface area contributed by atoms with Crippen LogP contribution >= 0.6 is 0 Å². The van der Waals surface area contributed by atoms with Gasteiger partial charge in [0.2, 0.25) is 11.9 Å². The van der Waals surface area contributed by atoms with Crippen molar-refractivity contribution >= 4 is 29.1 Å². The monoisotopic (exact) mass is 612 g/mol. The first kappa shape index (κ1) is 30.6. The number of aromatic nitrogens is 5. The molecule has 0 unspecified atom stereocenters. The van der Waals surface area contributed by atoms with E-state index in [0.717, 1.165) is 23.3 Å². The van der Waals surface area contributed by atoms with Crippen LogP contribution < -0.4 is 16.0 Å². The number of rotatable bonds is 9. The van der Waals surface area contributed by atoms with Crippen molar-refractivity contribution in [1.82, 2.24) is 29.8 Å². The summed E-state index contributed by atoms with van der Waals surface area (Å²) in [7, 11) is 0. The van der Waals surface area contributed by atoms with Crippen molar-refractivity contribution in [3.05, 3.63) is 120 Å². The predicted molar refractivity (Wildman–Crippen MR) is 163 cm³/mol. The zero-order chi connectivity index (χ0) is 32.1. The molecule has 228 valence electrons. The molecule has 3 heterocycles. The van der Waals surface area contributed by atoms with Gasteiger partial charge in [-0.2, -0.15) is 13.2 Å². The van der Waals surface area contributed by atoms with E-state index < -0.39 is 30.1 Å². The average Bonchev–Trinajstić information content (AvgIpc) is 3.47. The van der Waals surface area contributed by atoms with Crippen LogP contribution in [0, 0.1) is 13.8 Å². The van der Waals surface area contributed by atoms with E-state index in [1.54, 1.807) is 62.0 Å². The second-order valence-electron chi connectivity index (χ2n) is 9.98. The molecule has 10 nitrogen and oxygen atoms in total. The van der Waals surface area contributed by atoms with Gasteiger partial charge in [-0.1, -0.05) is 12.6 Å². The molecule has 3 aromatic heterocycles. The molecular weight excluding hydrogens is 585 g/mol. The van der Waals surface area contributed by atoms with Gasteiger partial charge in [0.25, 0.3) is 5.91 Å². The molecule has 3 N–H and O–H groups in total. The van der Waals surface area contributed by atoms with Crippen molar-refractivity contribution in [2.75, 3.05) is 10.6 Å². The zero-order valence-corrected chi connectivity index (χ0v) is 24.2. The first-order valence-electron chi connectivity index (χ1n) is 13.6. The van der Waals surface area contributed by atoms with Gasteiger partial charge in [-0.25, -0.2) is 15.0 Å². The number of amides is 2. The van der Waals surface area contributed by atoms with Crippen molar-refractivity contribution in [3.63, 3.8) is 0 Å². The van der Waals surface area contributed by atoms with E-state index in [4.69, 9.17) is 0 Å². The smallest absolute Gasteiger partial charge is 0.348 e. The van der Waals surface area contributed by atoms with E-state index in [9.17, 15) is 22.8 Å². The van der Waals surface area contributed by atoms with Crippen LogP contribution in [-0.2, 0) is 17.5 Å². The summed E-state index contributed by atoms with van der Waals surface area (Å²) in [5, 5.41) is 8.12. The Hall–Kier alpha value is -5.85. The molecular formula is C32H27F3N8O2. The molecule has 0 saturated carbocycles. The van der Waals surface area contributed by atoms with Crippen LogP contribution in [0.5, 0.6) is 0 Å². The van der Waals surface area contributed by atoms with Gasteiger partial charge in [-0.3, -0.25) is 14.6 Å². The van der Waals surface area contributed by atoms with Crippen molar-refractivity contribution in [2.45, 2.75) is 26.6 Å². The Balaban J connectivity index is 1.46. The van der Waals surface area contributed by atoms with Gasteiger partial charge in [-0.15, -0.1) is 0 Å². The van der Waals surface area contributed by atoms with Crippen LogP contribution in [0.25, 0.3) is 16.9 Å². The molecule has 0 spiro atoms. The molecule has 0 bridgehead atoms. The summed E-state index contributed by atoms with van der Waals surface area (Å²) in [6.45, 7) is 6.43. The number of nitrogens with zero attached hydrogens (tertiary/aromatic N) is 5. The number of anilines is 3. The standard InChI is InChI=1S/C32H27F3N8O2/c1-4-29(44)38-16-24-25(32(33,34)35)13-23(14-28(24)43-17-20(3)39-18-43)40-30(45)21-8-7-19(2)27(12-21)42-31-37-11-9-26(41-31)22-6-5-10-36-15-22/h4-15,17-18H,1,16H2,2-3H3,(H,38,44)(H,40,45)(H,37,41,42). The molecule has 5 rings (SSSR count). The number of carbonyl (C=O) groups is 2. The van der Waals surface area contributed by atoms with Gasteiger partial charge < -0.3 is 20.5 Å². The van der Waals surface area contributed by atoms with Crippen LogP contribution in [0.3, 0.4) is 0 Å². The summed E-state index contributed by atoms with van der Waals surface area (Å²) in [5.74, 6) is -0.992. The molecule has 2 amide bonds. The summed E-state index contributed by atoms with van der Waals surface area (Å²) in [4.78, 5) is 42.2. The quantitative estimate of drug-likeness (QED) is 0.170. The van der Waals surface area contributed by atoms with E-state index >= 15 is 0 Å². The van der Waals surface area contributed by atoms with E-state index in [2.05, 4.69) is 42.5 Å². The molecule has 0 radical (unpaired) electrons. The molecule has 0 aliphatic carbocycles. The third-order valence-corrected chi connectivity index (χ3v) is 6.76. The van der Waals surface area contributed by atoms with Crippen molar-refractivity contribution in [1.29, 1.82) is 0 Å². The van der Waals surface area contributed by atoms with Crippen LogP contribution in [0.4, 0.5) is 30.5 Å². The predicted octanol–water partition coefficient (Wildman–Crippen LogP) is 6.16. The molecule has 0 aliphatic heterocycles. The van der Waals surface area contributed by atoms with Crippen LogP contribution in [0.1, 0.15) is 32.7 Å². The Morgan fingerprint density at radius 1 is 1.04 bits per heavy atom. The highest BCUT2D eigenvalue weighted by molar-refractivity contribution is 6.05. The van der Waals surface area contributed by atoms with E-state index in [1.165, 1.54) is 17.0 Å². The number of halogens is 3. The second-order valence-corrected chi connectivity index (χ2v) is 9.98. The Bertz CT molecular complexity index is 1890. The normalized spacial score (nSPS) is 11.1. The van der Waals surface area contributed by atoms with E-state index in [0.29, 0.717) is 17.1 Å². The summed E-state index contributed by atoms with van der Waals surface area (Å²) in [6, 6.07) is 12.5. The lowest BCUT2D eigenvalue weighted by molar-refractivity contribution is -0.138. The minimum atomic E-state index is -4.80. The van der Waals surface area contributed by atoms with Gasteiger partial charge in [0, 0.05) is 59.4 Å². The highest BCUT2D eigenvalue weighted by Gasteiger charge is 2.35. The molecule has 13 heteroatoms. The number of imidazole rings is 1. The van der Waals surface area contributed by atoms with Gasteiger partial charge in [0.15, 0.2) is 0 Å². The lowest BCUT2D eigenvalue weighted by Gasteiger charge is -2.20. The van der Waals surface area contributed by atoms with Crippen molar-refractivity contribution in [2.24, 2.45) is 0 Å². The number of alkyl halides is 3. The van der Waals surface area contributed by atoms with Crippen LogP contribution in [0.15, 0.2) is 92.3 Å². The fourth-order valence-corrected chi connectivity index (χ4v) is 4.51. The number of hydrogen-bond acceptors (Lipinski definition) is 7.